The molecule has 0 spiro atoms. The molecule has 7 heteroatoms. The number of carbonyl (C=O) groups is 1. The van der Waals surface area contributed by atoms with Crippen LogP contribution in [0.2, 0.25) is 0 Å². The predicted octanol–water partition coefficient (Wildman–Crippen LogP) is 1.89. The second-order valence-electron chi connectivity index (χ2n) is 6.55. The van der Waals surface area contributed by atoms with Gasteiger partial charge < -0.3 is 10.5 Å². The van der Waals surface area contributed by atoms with Crippen LogP contribution < -0.4 is 5.73 Å². The summed E-state index contributed by atoms with van der Waals surface area (Å²) in [6.45, 7) is 0.463. The average molecular weight is 344 g/mol. The molecule has 1 saturated carbocycles. The summed E-state index contributed by atoms with van der Waals surface area (Å²) in [5.74, 6) is -1.27. The molecule has 2 N–H and O–H groups in total. The van der Waals surface area contributed by atoms with E-state index in [-0.39, 0.29) is 24.0 Å². The smallest absolute Gasteiger partial charge is 0.235 e. The second kappa shape index (κ2) is 6.81. The number of amides is 1. The number of rotatable bonds is 1. The van der Waals surface area contributed by atoms with Crippen molar-refractivity contribution in [3.8, 4) is 6.07 Å². The fourth-order valence-electron chi connectivity index (χ4n) is 3.08. The van der Waals surface area contributed by atoms with Gasteiger partial charge in [0, 0.05) is 19.2 Å². The van der Waals surface area contributed by atoms with Crippen molar-refractivity contribution >= 4 is 11.9 Å². The Balaban J connectivity index is 0.000000549. The van der Waals surface area contributed by atoms with Crippen LogP contribution in [-0.4, -0.2) is 37.0 Å². The number of aliphatic imine (C=N–C) groups is 1. The zero-order valence-corrected chi connectivity index (χ0v) is 14.2. The summed E-state index contributed by atoms with van der Waals surface area (Å²) in [5.41, 5.74) is 5.11. The third kappa shape index (κ3) is 3.22. The first-order chi connectivity index (χ1) is 12.0. The fraction of sp³-hybridized carbons (Fsp3) is 0.500. The first-order valence-corrected chi connectivity index (χ1v) is 8.40. The molecule has 25 heavy (non-hydrogen) atoms. The maximum atomic E-state index is 14.4. The van der Waals surface area contributed by atoms with Gasteiger partial charge in [-0.1, -0.05) is 19.3 Å². The number of nitrogens with two attached hydrogens (primary N) is 1. The van der Waals surface area contributed by atoms with Crippen LogP contribution >= 0.6 is 0 Å². The van der Waals surface area contributed by atoms with Crippen molar-refractivity contribution in [1.29, 1.82) is 5.26 Å². The molecule has 2 fully saturated rings. The number of guanidine groups is 1. The number of nitriles is 1. The van der Waals surface area contributed by atoms with Gasteiger partial charge in [0.1, 0.15) is 11.4 Å². The van der Waals surface area contributed by atoms with Gasteiger partial charge in [0.05, 0.1) is 24.2 Å². The Morgan fingerprint density at radius 3 is 2.80 bits per heavy atom. The van der Waals surface area contributed by atoms with E-state index >= 15 is 0 Å². The van der Waals surface area contributed by atoms with Gasteiger partial charge in [-0.05, 0) is 24.6 Å². The van der Waals surface area contributed by atoms with Gasteiger partial charge >= 0.3 is 0 Å². The number of nitrogens with zero attached hydrogens (tertiary/aromatic N) is 3. The van der Waals surface area contributed by atoms with Crippen molar-refractivity contribution in [2.45, 2.75) is 31.2 Å². The summed E-state index contributed by atoms with van der Waals surface area (Å²) < 4.78 is 19.9. The SMILES string of the molecule is C1CC1.CN1C(=O)C2CCOCC2(c2cc(C#N)ccc2F)N=C1N. The number of benzene rings is 1. The van der Waals surface area contributed by atoms with Gasteiger partial charge in [-0.3, -0.25) is 9.69 Å². The fourth-order valence-corrected chi connectivity index (χ4v) is 3.08. The zero-order chi connectivity index (χ0) is 18.0. The molecule has 1 aliphatic carbocycles. The number of fused-ring (bicyclic) bond motifs is 1. The Kier molecular flexibility index (Phi) is 4.73. The molecule has 2 aliphatic heterocycles. The minimum atomic E-state index is -1.21. The highest BCUT2D eigenvalue weighted by atomic mass is 19.1. The van der Waals surface area contributed by atoms with Gasteiger partial charge in [-0.2, -0.15) is 5.26 Å². The first kappa shape index (κ1) is 17.4. The van der Waals surface area contributed by atoms with Crippen molar-refractivity contribution in [3.05, 3.63) is 35.1 Å². The Hall–Kier alpha value is -2.46. The van der Waals surface area contributed by atoms with E-state index in [2.05, 4.69) is 4.99 Å². The molecule has 2 unspecified atom stereocenters. The molecular weight excluding hydrogens is 323 g/mol. The van der Waals surface area contributed by atoms with Crippen LogP contribution in [0.1, 0.15) is 36.8 Å². The van der Waals surface area contributed by atoms with Crippen LogP contribution in [0.15, 0.2) is 23.2 Å². The molecule has 132 valence electrons. The lowest BCUT2D eigenvalue weighted by molar-refractivity contribution is -0.140. The Morgan fingerprint density at radius 2 is 2.16 bits per heavy atom. The predicted molar refractivity (Wildman–Crippen MR) is 90.0 cm³/mol. The van der Waals surface area contributed by atoms with E-state index in [0.717, 1.165) is 0 Å². The van der Waals surface area contributed by atoms with Gasteiger partial charge in [0.25, 0.3) is 0 Å². The summed E-state index contributed by atoms with van der Waals surface area (Å²) in [4.78, 5) is 18.2. The summed E-state index contributed by atoms with van der Waals surface area (Å²) in [5, 5.41) is 9.05. The molecule has 0 aromatic heterocycles. The van der Waals surface area contributed by atoms with E-state index in [1.807, 2.05) is 6.07 Å². The molecule has 0 radical (unpaired) electrons. The van der Waals surface area contributed by atoms with Crippen LogP contribution in [0.3, 0.4) is 0 Å². The maximum Gasteiger partial charge on any atom is 0.235 e. The Bertz CT molecular complexity index is 753. The highest BCUT2D eigenvalue weighted by Crippen LogP contribution is 2.43. The average Bonchev–Trinajstić information content (AvgIpc) is 3.49. The highest BCUT2D eigenvalue weighted by molar-refractivity contribution is 6.00. The van der Waals surface area contributed by atoms with Crippen molar-refractivity contribution in [2.24, 2.45) is 16.6 Å². The second-order valence-corrected chi connectivity index (χ2v) is 6.55. The van der Waals surface area contributed by atoms with E-state index < -0.39 is 17.3 Å². The molecule has 3 aliphatic rings. The summed E-state index contributed by atoms with van der Waals surface area (Å²) >= 11 is 0. The first-order valence-electron chi connectivity index (χ1n) is 8.40. The van der Waals surface area contributed by atoms with Crippen LogP contribution in [0, 0.1) is 23.1 Å². The molecule has 1 saturated heterocycles. The third-order valence-electron chi connectivity index (χ3n) is 4.65. The van der Waals surface area contributed by atoms with Gasteiger partial charge in [0.15, 0.2) is 5.96 Å². The van der Waals surface area contributed by atoms with Crippen molar-refractivity contribution in [2.75, 3.05) is 20.3 Å². The van der Waals surface area contributed by atoms with Crippen molar-refractivity contribution < 1.29 is 13.9 Å². The van der Waals surface area contributed by atoms with Crippen LogP contribution in [0.5, 0.6) is 0 Å². The number of hydrogen-bond acceptors (Lipinski definition) is 5. The van der Waals surface area contributed by atoms with E-state index in [4.69, 9.17) is 15.7 Å². The van der Waals surface area contributed by atoms with E-state index in [9.17, 15) is 9.18 Å². The number of halogens is 1. The summed E-state index contributed by atoms with van der Waals surface area (Å²) in [6.07, 6.45) is 4.93. The molecule has 0 bridgehead atoms. The quantitative estimate of drug-likeness (QED) is 0.842. The van der Waals surface area contributed by atoms with E-state index in [0.29, 0.717) is 18.6 Å². The Labute approximate surface area is 146 Å². The lowest BCUT2D eigenvalue weighted by Gasteiger charge is -2.45. The molecule has 6 nitrogen and oxygen atoms in total. The number of hydrogen-bond donors (Lipinski definition) is 1. The van der Waals surface area contributed by atoms with Gasteiger partial charge in [0.2, 0.25) is 5.91 Å². The topological polar surface area (TPSA) is 91.7 Å². The van der Waals surface area contributed by atoms with Crippen LogP contribution in [0.4, 0.5) is 4.39 Å². The number of ether oxygens (including phenoxy) is 1. The molecule has 1 aromatic rings. The minimum Gasteiger partial charge on any atom is -0.379 e. The lowest BCUT2D eigenvalue weighted by atomic mass is 9.73. The zero-order valence-electron chi connectivity index (χ0n) is 14.2. The third-order valence-corrected chi connectivity index (χ3v) is 4.65. The van der Waals surface area contributed by atoms with Gasteiger partial charge in [-0.15, -0.1) is 0 Å². The highest BCUT2D eigenvalue weighted by Gasteiger charge is 2.52. The molecular formula is C18H21FN4O2. The lowest BCUT2D eigenvalue weighted by Crippen LogP contribution is -2.58. The minimum absolute atomic E-state index is 0.0218. The summed E-state index contributed by atoms with van der Waals surface area (Å²) in [7, 11) is 1.54. The summed E-state index contributed by atoms with van der Waals surface area (Å²) in [6, 6.07) is 6.00. The standard InChI is InChI=1S/C15H15FN4O2.C3H6/c1-20-13(21)10-4-5-22-8-15(10,19-14(20)18)11-6-9(7-17)2-3-12(11)16;1-2-3-1/h2-3,6,10H,4-5,8H2,1H3,(H2,18,19);1-3H2. The Morgan fingerprint density at radius 1 is 1.44 bits per heavy atom. The van der Waals surface area contributed by atoms with Crippen molar-refractivity contribution in [1.82, 2.24) is 4.90 Å². The van der Waals surface area contributed by atoms with Crippen molar-refractivity contribution in [3.63, 3.8) is 0 Å². The molecule has 2 heterocycles. The van der Waals surface area contributed by atoms with Crippen LogP contribution in [0.25, 0.3) is 0 Å². The molecule has 1 aromatic carbocycles. The molecule has 1 amide bonds. The maximum absolute atomic E-state index is 14.4. The van der Waals surface area contributed by atoms with Gasteiger partial charge in [-0.25, -0.2) is 9.38 Å². The molecule has 2 atom stereocenters. The normalized spacial score (nSPS) is 27.4. The largest absolute Gasteiger partial charge is 0.379 e. The van der Waals surface area contributed by atoms with E-state index in [1.165, 1.54) is 42.4 Å². The van der Waals surface area contributed by atoms with Crippen LogP contribution in [-0.2, 0) is 15.1 Å². The van der Waals surface area contributed by atoms with E-state index in [1.54, 1.807) is 7.05 Å². The number of carbonyl (C=O) groups excluding carboxylic acids is 1. The molecule has 4 rings (SSSR count). The monoisotopic (exact) mass is 344 g/mol.